The molecule has 7 rings (SSSR count). The molecule has 45 heavy (non-hydrogen) atoms. The molecule has 0 aromatic heterocycles. The largest absolute Gasteiger partial charge is 0.461 e. The van der Waals surface area contributed by atoms with Crippen molar-refractivity contribution in [1.82, 2.24) is 0 Å². The highest BCUT2D eigenvalue weighted by atomic mass is 16.7. The van der Waals surface area contributed by atoms with E-state index in [9.17, 15) is 0 Å². The lowest BCUT2D eigenvalue weighted by molar-refractivity contribution is -0.140. The highest BCUT2D eigenvalue weighted by Crippen LogP contribution is 2.58. The zero-order chi connectivity index (χ0) is 31.1. The highest BCUT2D eigenvalue weighted by molar-refractivity contribution is 6.48. The molecule has 4 aromatic rings. The van der Waals surface area contributed by atoms with Crippen molar-refractivity contribution < 1.29 is 28.3 Å². The van der Waals surface area contributed by atoms with Crippen LogP contribution in [0.25, 0.3) is 0 Å². The van der Waals surface area contributed by atoms with Crippen molar-refractivity contribution in [1.29, 1.82) is 0 Å². The molecule has 0 spiro atoms. The molecule has 1 aliphatic carbocycles. The van der Waals surface area contributed by atoms with Crippen molar-refractivity contribution in [3.05, 3.63) is 144 Å². The third-order valence-corrected chi connectivity index (χ3v) is 9.84. The Labute approximate surface area is 266 Å². The normalized spacial score (nSPS) is 26.2. The number of rotatable bonds is 10. The molecular formula is C38H41BO6. The Balaban J connectivity index is 1.40. The molecule has 232 valence electrons. The minimum atomic E-state index is -1.02. The first-order valence-corrected chi connectivity index (χ1v) is 15.9. The Morgan fingerprint density at radius 3 is 1.31 bits per heavy atom. The van der Waals surface area contributed by atoms with Crippen molar-refractivity contribution in [3.63, 3.8) is 0 Å². The van der Waals surface area contributed by atoms with Crippen LogP contribution in [0, 0.1) is 5.92 Å². The van der Waals surface area contributed by atoms with Gasteiger partial charge in [-0.1, -0.05) is 121 Å². The van der Waals surface area contributed by atoms with E-state index < -0.39 is 36.3 Å². The molecule has 0 radical (unpaired) electrons. The smallest absolute Gasteiger partial charge is 0.402 e. The fourth-order valence-corrected chi connectivity index (χ4v) is 7.62. The summed E-state index contributed by atoms with van der Waals surface area (Å²) in [5.74, 6) is -0.174. The molecule has 3 aliphatic rings. The van der Waals surface area contributed by atoms with Gasteiger partial charge in [0.15, 0.2) is 5.79 Å². The van der Waals surface area contributed by atoms with Crippen LogP contribution in [-0.2, 0) is 39.5 Å². The average Bonchev–Trinajstić information content (AvgIpc) is 3.63. The van der Waals surface area contributed by atoms with Gasteiger partial charge in [-0.25, -0.2) is 0 Å². The molecule has 2 aliphatic heterocycles. The zero-order valence-corrected chi connectivity index (χ0v) is 26.4. The van der Waals surface area contributed by atoms with Gasteiger partial charge in [0, 0.05) is 14.2 Å². The van der Waals surface area contributed by atoms with Gasteiger partial charge in [0.1, 0.15) is 23.4 Å². The maximum atomic E-state index is 7.23. The molecule has 2 saturated heterocycles. The van der Waals surface area contributed by atoms with Crippen molar-refractivity contribution in [2.45, 2.75) is 61.4 Å². The lowest BCUT2D eigenvalue weighted by atomic mass is 9.71. The van der Waals surface area contributed by atoms with Crippen LogP contribution in [0.1, 0.15) is 42.5 Å². The number of hydrogen-bond acceptors (Lipinski definition) is 6. The summed E-state index contributed by atoms with van der Waals surface area (Å²) in [6.07, 6.45) is -0.269. The fourth-order valence-electron chi connectivity index (χ4n) is 7.62. The summed E-state index contributed by atoms with van der Waals surface area (Å²) in [5, 5.41) is 0. The number of hydrogen-bond donors (Lipinski definition) is 0. The zero-order valence-electron chi connectivity index (χ0n) is 26.4. The second kappa shape index (κ2) is 12.1. The van der Waals surface area contributed by atoms with Gasteiger partial charge in [0.05, 0.1) is 12.7 Å². The van der Waals surface area contributed by atoms with Gasteiger partial charge in [-0.05, 0) is 54.3 Å². The lowest BCUT2D eigenvalue weighted by Gasteiger charge is -2.47. The standard InChI is InChI=1S/C38H41BO6/c1-36(2)42-26-33(43-36)31-25-32(31)39-44-34(37(40-3,27-17-9-5-10-18-27)28-19-11-6-12-20-28)35(45-39)38(41-4,29-21-13-7-14-22-29)30-23-15-8-16-24-30/h5-24,31-35H,25-26H2,1-4H3/t31-,32-,33-,34-,35-/m1/s1. The van der Waals surface area contributed by atoms with Crippen LogP contribution >= 0.6 is 0 Å². The Hall–Kier alpha value is -3.30. The Morgan fingerprint density at radius 1 is 0.622 bits per heavy atom. The van der Waals surface area contributed by atoms with Crippen molar-refractivity contribution in [2.24, 2.45) is 5.92 Å². The molecule has 7 heteroatoms. The second-order valence-electron chi connectivity index (χ2n) is 12.8. The predicted octanol–water partition coefficient (Wildman–Crippen LogP) is 6.98. The van der Waals surface area contributed by atoms with Gasteiger partial charge in [0.25, 0.3) is 0 Å². The average molecular weight is 605 g/mol. The van der Waals surface area contributed by atoms with Crippen LogP contribution in [0.3, 0.4) is 0 Å². The van der Waals surface area contributed by atoms with Crippen LogP contribution in [0.2, 0.25) is 5.82 Å². The topological polar surface area (TPSA) is 55.4 Å². The van der Waals surface area contributed by atoms with Gasteiger partial charge < -0.3 is 28.3 Å². The van der Waals surface area contributed by atoms with Gasteiger partial charge in [0.2, 0.25) is 0 Å². The Kier molecular flexibility index (Phi) is 8.19. The van der Waals surface area contributed by atoms with Crippen LogP contribution < -0.4 is 0 Å². The maximum absolute atomic E-state index is 7.23. The van der Waals surface area contributed by atoms with E-state index in [1.54, 1.807) is 14.2 Å². The first-order chi connectivity index (χ1) is 21.9. The summed E-state index contributed by atoms with van der Waals surface area (Å²) >= 11 is 0. The first-order valence-electron chi connectivity index (χ1n) is 15.9. The molecule has 0 amide bonds. The van der Waals surface area contributed by atoms with Crippen LogP contribution in [0.4, 0.5) is 0 Å². The molecule has 4 aromatic carbocycles. The third-order valence-electron chi connectivity index (χ3n) is 9.84. The molecule has 0 bridgehead atoms. The quantitative estimate of drug-likeness (QED) is 0.182. The van der Waals surface area contributed by atoms with Gasteiger partial charge >= 0.3 is 7.12 Å². The molecule has 5 atom stereocenters. The highest BCUT2D eigenvalue weighted by Gasteiger charge is 2.66. The summed E-state index contributed by atoms with van der Waals surface area (Å²) in [4.78, 5) is 0. The molecule has 3 fully saturated rings. The SMILES string of the molecule is COC(c1ccccc1)(c1ccccc1)[C@@H]1OB([C@@H]2C[C@H]2[C@H]2COC(C)(C)O2)O[C@H]1C(OC)(c1ccccc1)c1ccccc1. The Morgan fingerprint density at radius 2 is 1.00 bits per heavy atom. The molecule has 1 saturated carbocycles. The molecular weight excluding hydrogens is 563 g/mol. The maximum Gasteiger partial charge on any atom is 0.461 e. The van der Waals surface area contributed by atoms with E-state index in [-0.39, 0.29) is 17.8 Å². The van der Waals surface area contributed by atoms with E-state index >= 15 is 0 Å². The predicted molar refractivity (Wildman–Crippen MR) is 174 cm³/mol. The van der Waals surface area contributed by atoms with Crippen LogP contribution in [0.15, 0.2) is 121 Å². The fraction of sp³-hybridized carbons (Fsp3) is 0.368. The molecule has 0 N–H and O–H groups in total. The monoisotopic (exact) mass is 604 g/mol. The van der Waals surface area contributed by atoms with E-state index in [0.717, 1.165) is 28.7 Å². The summed E-state index contributed by atoms with van der Waals surface area (Å²) in [6, 6.07) is 41.3. The van der Waals surface area contributed by atoms with Crippen molar-refractivity contribution >= 4 is 7.12 Å². The van der Waals surface area contributed by atoms with Crippen LogP contribution in [-0.4, -0.2) is 52.0 Å². The summed E-state index contributed by atoms with van der Waals surface area (Å²) in [6.45, 7) is 4.51. The lowest BCUT2D eigenvalue weighted by Crippen LogP contribution is -2.56. The minimum absolute atomic E-state index is 0.000517. The van der Waals surface area contributed by atoms with Gasteiger partial charge in [-0.2, -0.15) is 0 Å². The molecule has 6 nitrogen and oxygen atoms in total. The van der Waals surface area contributed by atoms with E-state index in [2.05, 4.69) is 48.5 Å². The van der Waals surface area contributed by atoms with Crippen molar-refractivity contribution in [2.75, 3.05) is 20.8 Å². The summed E-state index contributed by atoms with van der Waals surface area (Å²) in [7, 11) is 3.03. The third kappa shape index (κ3) is 5.26. The van der Waals surface area contributed by atoms with E-state index in [1.165, 1.54) is 0 Å². The summed E-state index contributed by atoms with van der Waals surface area (Å²) < 4.78 is 40.2. The minimum Gasteiger partial charge on any atom is -0.402 e. The number of methoxy groups -OCH3 is 2. The van der Waals surface area contributed by atoms with Gasteiger partial charge in [-0.3, -0.25) is 0 Å². The van der Waals surface area contributed by atoms with Crippen LogP contribution in [0.5, 0.6) is 0 Å². The number of ether oxygens (including phenoxy) is 4. The van der Waals surface area contributed by atoms with Gasteiger partial charge in [-0.15, -0.1) is 0 Å². The van der Waals surface area contributed by atoms with E-state index in [4.69, 9.17) is 28.3 Å². The summed E-state index contributed by atoms with van der Waals surface area (Å²) in [5.41, 5.74) is 1.87. The Bertz CT molecular complexity index is 1370. The second-order valence-corrected chi connectivity index (χ2v) is 12.8. The van der Waals surface area contributed by atoms with E-state index in [0.29, 0.717) is 6.61 Å². The first kappa shape index (κ1) is 30.4. The molecule has 2 heterocycles. The molecule has 0 unspecified atom stereocenters. The van der Waals surface area contributed by atoms with E-state index in [1.807, 2.05) is 86.6 Å². The van der Waals surface area contributed by atoms with Crippen molar-refractivity contribution in [3.8, 4) is 0 Å². The number of benzene rings is 4.